The second-order valence-corrected chi connectivity index (χ2v) is 3.57. The van der Waals surface area contributed by atoms with Crippen LogP contribution in [-0.2, 0) is 22.0 Å². The van der Waals surface area contributed by atoms with E-state index in [9.17, 15) is 0 Å². The first-order chi connectivity index (χ1) is 9.46. The fourth-order valence-corrected chi connectivity index (χ4v) is 0.770. The molecule has 0 bridgehead atoms. The number of rotatable bonds is 0. The Morgan fingerprint density at radius 2 is 0.600 bits per heavy atom. The molecule has 2 aromatic carbocycles. The summed E-state index contributed by atoms with van der Waals surface area (Å²) in [5.74, 6) is 0. The summed E-state index contributed by atoms with van der Waals surface area (Å²) < 4.78 is 49.4. The van der Waals surface area contributed by atoms with Crippen molar-refractivity contribution in [2.75, 3.05) is 0 Å². The van der Waals surface area contributed by atoms with Crippen molar-refractivity contribution in [3.8, 4) is 0 Å². The zero-order chi connectivity index (χ0) is 15.6. The lowest BCUT2D eigenvalue weighted by atomic mass is 10.4. The van der Waals surface area contributed by atoms with Crippen LogP contribution in [0, 0.1) is 0 Å². The molecule has 0 aliphatic carbocycles. The Bertz CT molecular complexity index is 432. The van der Waals surface area contributed by atoms with Crippen molar-refractivity contribution < 1.29 is 25.9 Å². The second kappa shape index (κ2) is 17.1. The van der Waals surface area contributed by atoms with Gasteiger partial charge in [0, 0.05) is 0 Å². The van der Waals surface area contributed by atoms with Crippen molar-refractivity contribution in [2.24, 2.45) is 0 Å². The first kappa shape index (κ1) is 20.4. The Kier molecular flexibility index (Phi) is 17.5. The predicted octanol–water partition coefficient (Wildman–Crippen LogP) is 1.71. The summed E-state index contributed by atoms with van der Waals surface area (Å²) >= 11 is -2.86. The molecule has 0 aliphatic heterocycles. The standard InChI is InChI=1S/2C6H6.H2O3S.O3S/c2*1-2-4-6-5-3-1;2*1-4(2)3/h2*1-6H;(H2,1,2,3);/p-1. The van der Waals surface area contributed by atoms with E-state index in [1.54, 1.807) is 0 Å². The molecule has 1 unspecified atom stereocenters. The Morgan fingerprint density at radius 1 is 0.550 bits per heavy atom. The first-order valence-corrected chi connectivity index (χ1v) is 7.05. The van der Waals surface area contributed by atoms with Gasteiger partial charge in [0.2, 0.25) is 0 Å². The molecule has 2 aromatic rings. The first-order valence-electron chi connectivity index (χ1n) is 5.02. The van der Waals surface area contributed by atoms with Crippen LogP contribution in [0.4, 0.5) is 0 Å². The van der Waals surface area contributed by atoms with Gasteiger partial charge in [-0.3, -0.25) is 0 Å². The summed E-state index contributed by atoms with van der Waals surface area (Å²) in [6.45, 7) is 0. The molecule has 0 heterocycles. The van der Waals surface area contributed by atoms with Crippen LogP contribution in [0.3, 0.4) is 0 Å². The van der Waals surface area contributed by atoms with Gasteiger partial charge >= 0.3 is 10.6 Å². The highest BCUT2D eigenvalue weighted by molar-refractivity contribution is 7.73. The molecule has 1 atom stereocenters. The van der Waals surface area contributed by atoms with Crippen molar-refractivity contribution in [1.82, 2.24) is 0 Å². The van der Waals surface area contributed by atoms with E-state index < -0.39 is 22.0 Å². The molecular weight excluding hydrogens is 304 g/mol. The Balaban J connectivity index is 0. The minimum absolute atomic E-state index is 2.00. The second-order valence-electron chi connectivity index (χ2n) is 2.73. The monoisotopic (exact) mass is 317 g/mol. The number of hydrogen-bond acceptors (Lipinski definition) is 5. The van der Waals surface area contributed by atoms with Crippen LogP contribution in [0.1, 0.15) is 0 Å². The van der Waals surface area contributed by atoms with Crippen LogP contribution in [0.25, 0.3) is 0 Å². The molecule has 0 aromatic heterocycles. The van der Waals surface area contributed by atoms with E-state index in [0.717, 1.165) is 0 Å². The maximum atomic E-state index is 8.56. The van der Waals surface area contributed by atoms with Crippen molar-refractivity contribution in [1.29, 1.82) is 0 Å². The molecule has 0 radical (unpaired) electrons. The van der Waals surface area contributed by atoms with Gasteiger partial charge in [0.05, 0.1) is 11.4 Å². The van der Waals surface area contributed by atoms with Gasteiger partial charge in [-0.05, 0) is 0 Å². The van der Waals surface area contributed by atoms with E-state index in [0.29, 0.717) is 0 Å². The maximum absolute atomic E-state index is 8.56. The lowest BCUT2D eigenvalue weighted by molar-refractivity contribution is 0.436. The molecule has 0 amide bonds. The summed E-state index contributed by atoms with van der Waals surface area (Å²) in [4.78, 5) is 0. The van der Waals surface area contributed by atoms with Gasteiger partial charge in [0.1, 0.15) is 0 Å². The lowest BCUT2D eigenvalue weighted by Gasteiger charge is -1.83. The highest BCUT2D eigenvalue weighted by Gasteiger charge is 1.58. The summed E-state index contributed by atoms with van der Waals surface area (Å²) in [7, 11) is -3.11. The van der Waals surface area contributed by atoms with Crippen molar-refractivity contribution in [3.63, 3.8) is 0 Å². The van der Waals surface area contributed by atoms with Crippen molar-refractivity contribution in [3.05, 3.63) is 72.8 Å². The van der Waals surface area contributed by atoms with E-state index in [2.05, 4.69) is 0 Å². The fourth-order valence-electron chi connectivity index (χ4n) is 0.770. The van der Waals surface area contributed by atoms with E-state index in [1.165, 1.54) is 0 Å². The Morgan fingerprint density at radius 3 is 0.650 bits per heavy atom. The van der Waals surface area contributed by atoms with Gasteiger partial charge < -0.3 is 9.11 Å². The third kappa shape index (κ3) is 36.0. The van der Waals surface area contributed by atoms with Gasteiger partial charge in [0.25, 0.3) is 0 Å². The smallest absolute Gasteiger partial charge is 0.425 e. The molecule has 1 N–H and O–H groups in total. The lowest BCUT2D eigenvalue weighted by Crippen LogP contribution is -1.75. The zero-order valence-corrected chi connectivity index (χ0v) is 11.9. The van der Waals surface area contributed by atoms with E-state index in [4.69, 9.17) is 25.9 Å². The molecule has 0 fully saturated rings. The number of hydrogen-bond donors (Lipinski definition) is 1. The quantitative estimate of drug-likeness (QED) is 0.740. The van der Waals surface area contributed by atoms with Crippen LogP contribution in [0.15, 0.2) is 72.8 Å². The van der Waals surface area contributed by atoms with Crippen LogP contribution >= 0.6 is 0 Å². The molecule has 0 spiro atoms. The molecule has 6 nitrogen and oxygen atoms in total. The zero-order valence-electron chi connectivity index (χ0n) is 10.2. The molecule has 0 saturated carbocycles. The van der Waals surface area contributed by atoms with Crippen LogP contribution in [0.2, 0.25) is 0 Å². The largest absolute Gasteiger partial charge is 0.750 e. The summed E-state index contributed by atoms with van der Waals surface area (Å²) in [6, 6.07) is 24.0. The van der Waals surface area contributed by atoms with E-state index >= 15 is 0 Å². The van der Waals surface area contributed by atoms with Gasteiger partial charge in [-0.1, -0.05) is 72.8 Å². The van der Waals surface area contributed by atoms with Crippen LogP contribution in [0.5, 0.6) is 0 Å². The molecule has 110 valence electrons. The molecule has 20 heavy (non-hydrogen) atoms. The highest BCUT2D eigenvalue weighted by Crippen LogP contribution is 1.80. The van der Waals surface area contributed by atoms with Crippen LogP contribution in [-0.4, -0.2) is 25.9 Å². The SMILES string of the molecule is O=S(=O)=O.O=S([O-])O.c1ccccc1.c1ccccc1. The summed E-state index contributed by atoms with van der Waals surface area (Å²) in [5.41, 5.74) is 0. The highest BCUT2D eigenvalue weighted by atomic mass is 32.2. The van der Waals surface area contributed by atoms with Gasteiger partial charge in [-0.2, -0.15) is 0 Å². The predicted molar refractivity (Wildman–Crippen MR) is 74.1 cm³/mol. The molecule has 8 heteroatoms. The number of benzene rings is 2. The van der Waals surface area contributed by atoms with Crippen molar-refractivity contribution in [2.45, 2.75) is 0 Å². The Hall–Kier alpha value is -1.87. The Labute approximate surface area is 121 Å². The van der Waals surface area contributed by atoms with E-state index in [-0.39, 0.29) is 0 Å². The minimum atomic E-state index is -3.11. The minimum Gasteiger partial charge on any atom is -0.750 e. The fraction of sp³-hybridized carbons (Fsp3) is 0. The average molecular weight is 317 g/mol. The van der Waals surface area contributed by atoms with E-state index in [1.807, 2.05) is 72.8 Å². The molecule has 0 aliphatic rings. The summed E-state index contributed by atoms with van der Waals surface area (Å²) in [5, 5.41) is 0. The molecular formula is C12H13O6S2-. The van der Waals surface area contributed by atoms with Crippen molar-refractivity contribution >= 4 is 22.0 Å². The average Bonchev–Trinajstić information content (AvgIpc) is 2.42. The van der Waals surface area contributed by atoms with Gasteiger partial charge in [-0.25, -0.2) is 4.21 Å². The third-order valence-corrected chi connectivity index (χ3v) is 1.33. The van der Waals surface area contributed by atoms with Gasteiger partial charge in [-0.15, -0.1) is 12.6 Å². The van der Waals surface area contributed by atoms with Crippen LogP contribution < -0.4 is 0 Å². The third-order valence-electron chi connectivity index (χ3n) is 1.33. The van der Waals surface area contributed by atoms with Gasteiger partial charge in [0.15, 0.2) is 0 Å². The molecule has 0 saturated heterocycles. The normalized spacial score (nSPS) is 9.10. The topological polar surface area (TPSA) is 112 Å². The molecule has 2 rings (SSSR count). The summed E-state index contributed by atoms with van der Waals surface area (Å²) in [6.07, 6.45) is 0. The maximum Gasteiger partial charge on any atom is 0.425 e.